The Kier molecular flexibility index (Phi) is 2.10. The lowest BCUT2D eigenvalue weighted by Crippen LogP contribution is -2.13. The molecule has 0 aromatic carbocycles. The van der Waals surface area contributed by atoms with Crippen molar-refractivity contribution in [3.05, 3.63) is 11.7 Å². The van der Waals surface area contributed by atoms with E-state index in [0.29, 0.717) is 5.89 Å². The van der Waals surface area contributed by atoms with Gasteiger partial charge in [0.15, 0.2) is 0 Å². The third-order valence-electron chi connectivity index (χ3n) is 2.12. The van der Waals surface area contributed by atoms with Crippen molar-refractivity contribution in [3.8, 4) is 0 Å². The summed E-state index contributed by atoms with van der Waals surface area (Å²) in [4.78, 5) is 14.9. The maximum atomic E-state index is 10.9. The lowest BCUT2D eigenvalue weighted by Gasteiger charge is -2.00. The molecule has 1 N–H and O–H groups in total. The van der Waals surface area contributed by atoms with Crippen molar-refractivity contribution < 1.29 is 9.32 Å². The molecule has 0 saturated carbocycles. The number of ketones is 1. The minimum Gasteiger partial charge on any atom is -0.337 e. The molecule has 70 valence electrons. The van der Waals surface area contributed by atoms with Gasteiger partial charge in [-0.3, -0.25) is 4.79 Å². The van der Waals surface area contributed by atoms with Gasteiger partial charge in [-0.2, -0.15) is 4.98 Å². The summed E-state index contributed by atoms with van der Waals surface area (Å²) in [7, 11) is 0. The standard InChI is InChI=1S/C8H11N3O2/c1-5(12)7-10-8(13-11-7)6-3-2-4-9-6/h6,9H,2-4H2,1H3. The van der Waals surface area contributed by atoms with Gasteiger partial charge in [0, 0.05) is 6.92 Å². The maximum absolute atomic E-state index is 10.9. The zero-order valence-electron chi connectivity index (χ0n) is 7.41. The van der Waals surface area contributed by atoms with Crippen LogP contribution in [-0.4, -0.2) is 22.5 Å². The lowest BCUT2D eigenvalue weighted by atomic mass is 10.2. The van der Waals surface area contributed by atoms with Gasteiger partial charge in [0.1, 0.15) is 0 Å². The molecule has 2 heterocycles. The minimum atomic E-state index is -0.159. The van der Waals surface area contributed by atoms with Crippen LogP contribution in [0.15, 0.2) is 4.52 Å². The second kappa shape index (κ2) is 3.26. The van der Waals surface area contributed by atoms with Crippen LogP contribution >= 0.6 is 0 Å². The molecular formula is C8H11N3O2. The molecule has 0 aliphatic carbocycles. The van der Waals surface area contributed by atoms with Crippen molar-refractivity contribution in [1.29, 1.82) is 0 Å². The van der Waals surface area contributed by atoms with Crippen LogP contribution in [0.5, 0.6) is 0 Å². The van der Waals surface area contributed by atoms with Crippen LogP contribution in [0.4, 0.5) is 0 Å². The number of nitrogens with zero attached hydrogens (tertiary/aromatic N) is 2. The van der Waals surface area contributed by atoms with Crippen LogP contribution in [0.3, 0.4) is 0 Å². The molecule has 1 aliphatic rings. The Labute approximate surface area is 75.5 Å². The molecule has 1 aromatic heterocycles. The van der Waals surface area contributed by atoms with Crippen molar-refractivity contribution >= 4 is 5.78 Å². The Balaban J connectivity index is 2.16. The monoisotopic (exact) mass is 181 g/mol. The summed E-state index contributed by atoms with van der Waals surface area (Å²) in [5, 5.41) is 6.80. The summed E-state index contributed by atoms with van der Waals surface area (Å²) < 4.78 is 4.97. The molecule has 1 unspecified atom stereocenters. The van der Waals surface area contributed by atoms with E-state index in [4.69, 9.17) is 4.52 Å². The Hall–Kier alpha value is -1.23. The second-order valence-electron chi connectivity index (χ2n) is 3.16. The molecule has 1 aromatic rings. The van der Waals surface area contributed by atoms with Gasteiger partial charge in [0.05, 0.1) is 6.04 Å². The van der Waals surface area contributed by atoms with Gasteiger partial charge in [0.2, 0.25) is 17.5 Å². The Morgan fingerprint density at radius 1 is 1.69 bits per heavy atom. The van der Waals surface area contributed by atoms with Gasteiger partial charge < -0.3 is 9.84 Å². The number of carbonyl (C=O) groups excluding carboxylic acids is 1. The van der Waals surface area contributed by atoms with Gasteiger partial charge in [-0.05, 0) is 19.4 Å². The van der Waals surface area contributed by atoms with E-state index in [2.05, 4.69) is 15.5 Å². The Morgan fingerprint density at radius 2 is 2.54 bits per heavy atom. The quantitative estimate of drug-likeness (QED) is 0.680. The van der Waals surface area contributed by atoms with Crippen LogP contribution < -0.4 is 5.32 Å². The molecule has 5 heteroatoms. The fourth-order valence-electron chi connectivity index (χ4n) is 1.42. The van der Waals surface area contributed by atoms with E-state index >= 15 is 0 Å². The first-order valence-electron chi connectivity index (χ1n) is 4.35. The van der Waals surface area contributed by atoms with Crippen molar-refractivity contribution in [2.75, 3.05) is 6.54 Å². The molecule has 0 radical (unpaired) electrons. The zero-order chi connectivity index (χ0) is 9.26. The van der Waals surface area contributed by atoms with E-state index in [0.717, 1.165) is 19.4 Å². The predicted molar refractivity (Wildman–Crippen MR) is 44.3 cm³/mol. The third-order valence-corrected chi connectivity index (χ3v) is 2.12. The van der Waals surface area contributed by atoms with Crippen LogP contribution in [0.1, 0.15) is 42.3 Å². The van der Waals surface area contributed by atoms with Crippen LogP contribution in [0, 0.1) is 0 Å². The van der Waals surface area contributed by atoms with Gasteiger partial charge in [-0.25, -0.2) is 0 Å². The molecule has 1 saturated heterocycles. The molecule has 1 fully saturated rings. The number of hydrogen-bond acceptors (Lipinski definition) is 5. The van der Waals surface area contributed by atoms with Crippen LogP contribution in [0.25, 0.3) is 0 Å². The molecule has 13 heavy (non-hydrogen) atoms. The van der Waals surface area contributed by atoms with Crippen molar-refractivity contribution in [3.63, 3.8) is 0 Å². The number of aromatic nitrogens is 2. The average Bonchev–Trinajstić information content (AvgIpc) is 2.75. The molecule has 1 aliphatic heterocycles. The number of carbonyl (C=O) groups is 1. The van der Waals surface area contributed by atoms with Crippen LogP contribution in [-0.2, 0) is 0 Å². The van der Waals surface area contributed by atoms with Gasteiger partial charge in [0.25, 0.3) is 0 Å². The van der Waals surface area contributed by atoms with E-state index in [9.17, 15) is 4.79 Å². The molecule has 2 rings (SSSR count). The lowest BCUT2D eigenvalue weighted by molar-refractivity contribution is 0.100. The Bertz CT molecular complexity index is 315. The third kappa shape index (κ3) is 1.60. The highest BCUT2D eigenvalue weighted by molar-refractivity contribution is 5.89. The highest BCUT2D eigenvalue weighted by Crippen LogP contribution is 2.20. The van der Waals surface area contributed by atoms with Gasteiger partial charge >= 0.3 is 0 Å². The molecule has 1 atom stereocenters. The van der Waals surface area contributed by atoms with Crippen LogP contribution in [0.2, 0.25) is 0 Å². The maximum Gasteiger partial charge on any atom is 0.244 e. The Morgan fingerprint density at radius 3 is 3.08 bits per heavy atom. The first-order valence-corrected chi connectivity index (χ1v) is 4.35. The molecule has 5 nitrogen and oxygen atoms in total. The predicted octanol–water partition coefficient (Wildman–Crippen LogP) is 0.697. The van der Waals surface area contributed by atoms with Crippen molar-refractivity contribution in [1.82, 2.24) is 15.5 Å². The second-order valence-corrected chi connectivity index (χ2v) is 3.16. The van der Waals surface area contributed by atoms with Crippen molar-refractivity contribution in [2.45, 2.75) is 25.8 Å². The fourth-order valence-corrected chi connectivity index (χ4v) is 1.42. The number of hydrogen-bond donors (Lipinski definition) is 1. The summed E-state index contributed by atoms with van der Waals surface area (Å²) >= 11 is 0. The van der Waals surface area contributed by atoms with E-state index in [-0.39, 0.29) is 17.6 Å². The number of nitrogens with one attached hydrogen (secondary N) is 1. The van der Waals surface area contributed by atoms with E-state index in [1.165, 1.54) is 6.92 Å². The van der Waals surface area contributed by atoms with Gasteiger partial charge in [-0.1, -0.05) is 5.16 Å². The fraction of sp³-hybridized carbons (Fsp3) is 0.625. The minimum absolute atomic E-state index is 0.139. The highest BCUT2D eigenvalue weighted by Gasteiger charge is 2.22. The number of rotatable bonds is 2. The normalized spacial score (nSPS) is 22.1. The van der Waals surface area contributed by atoms with Crippen molar-refractivity contribution in [2.24, 2.45) is 0 Å². The largest absolute Gasteiger partial charge is 0.337 e. The van der Waals surface area contributed by atoms with E-state index < -0.39 is 0 Å². The SMILES string of the molecule is CC(=O)c1noc(C2CCCN2)n1. The highest BCUT2D eigenvalue weighted by atomic mass is 16.5. The smallest absolute Gasteiger partial charge is 0.244 e. The molecular weight excluding hydrogens is 170 g/mol. The first kappa shape index (κ1) is 8.37. The first-order chi connectivity index (χ1) is 6.27. The van der Waals surface area contributed by atoms with Gasteiger partial charge in [-0.15, -0.1) is 0 Å². The summed E-state index contributed by atoms with van der Waals surface area (Å²) in [5.41, 5.74) is 0. The van der Waals surface area contributed by atoms with E-state index in [1.54, 1.807) is 0 Å². The van der Waals surface area contributed by atoms with E-state index in [1.807, 2.05) is 0 Å². The molecule has 0 amide bonds. The average molecular weight is 181 g/mol. The molecule has 0 bridgehead atoms. The summed E-state index contributed by atoms with van der Waals surface area (Å²) in [6.07, 6.45) is 2.11. The summed E-state index contributed by atoms with van der Waals surface area (Å²) in [6.45, 7) is 2.40. The summed E-state index contributed by atoms with van der Waals surface area (Å²) in [6, 6.07) is 0.139. The summed E-state index contributed by atoms with van der Waals surface area (Å²) in [5.74, 6) is 0.541. The molecule has 0 spiro atoms. The number of Topliss-reactive ketones (excluding diaryl/α,β-unsaturated/α-hetero) is 1. The zero-order valence-corrected chi connectivity index (χ0v) is 7.41. The topological polar surface area (TPSA) is 68.0 Å².